The second kappa shape index (κ2) is 10.9. The number of carbonyl (C=O) groups is 4. The summed E-state index contributed by atoms with van der Waals surface area (Å²) in [6.45, 7) is 3.49. The number of ether oxygens (including phenoxy) is 5. The molecule has 1 fully saturated rings. The van der Waals surface area contributed by atoms with Crippen LogP contribution in [0.25, 0.3) is 0 Å². The van der Waals surface area contributed by atoms with Crippen molar-refractivity contribution in [3.63, 3.8) is 0 Å². The van der Waals surface area contributed by atoms with E-state index in [-0.39, 0.29) is 6.42 Å². The molecule has 5 atom stereocenters. The molecule has 1 aliphatic carbocycles. The van der Waals surface area contributed by atoms with E-state index >= 15 is 0 Å². The van der Waals surface area contributed by atoms with E-state index in [0.29, 0.717) is 10.6 Å². The van der Waals surface area contributed by atoms with Crippen LogP contribution in [0.15, 0.2) is 29.2 Å². The highest BCUT2D eigenvalue weighted by atomic mass is 35.5. The lowest BCUT2D eigenvalue weighted by molar-refractivity contribution is -0.197. The fourth-order valence-corrected chi connectivity index (χ4v) is 5.36. The molecule has 1 aromatic carbocycles. The van der Waals surface area contributed by atoms with Crippen molar-refractivity contribution in [3.05, 3.63) is 24.3 Å². The van der Waals surface area contributed by atoms with Gasteiger partial charge in [0.2, 0.25) is 0 Å². The largest absolute Gasteiger partial charge is 0.497 e. The van der Waals surface area contributed by atoms with Gasteiger partial charge < -0.3 is 23.7 Å². The van der Waals surface area contributed by atoms with Crippen LogP contribution in [0.1, 0.15) is 27.2 Å². The van der Waals surface area contributed by atoms with Crippen molar-refractivity contribution in [2.24, 2.45) is 5.92 Å². The lowest BCUT2D eigenvalue weighted by Gasteiger charge is -2.48. The molecule has 176 valence electrons. The summed E-state index contributed by atoms with van der Waals surface area (Å²) in [4.78, 5) is 48.9. The summed E-state index contributed by atoms with van der Waals surface area (Å²) in [5.41, 5.74) is 0. The summed E-state index contributed by atoms with van der Waals surface area (Å²) in [6.07, 6.45) is -3.80. The van der Waals surface area contributed by atoms with E-state index in [1.54, 1.807) is 24.3 Å². The molecular formula is C21H25ClO9S. The summed E-state index contributed by atoms with van der Waals surface area (Å²) in [6, 6.07) is 6.83. The second-order valence-corrected chi connectivity index (χ2v) is 9.24. The molecule has 0 bridgehead atoms. The zero-order valence-corrected chi connectivity index (χ0v) is 19.9. The Morgan fingerprint density at radius 2 is 1.50 bits per heavy atom. The Kier molecular flexibility index (Phi) is 8.80. The monoisotopic (exact) mass is 488 g/mol. The first kappa shape index (κ1) is 25.8. The molecule has 0 amide bonds. The topological polar surface area (TPSA) is 114 Å². The van der Waals surface area contributed by atoms with Crippen LogP contribution in [0.2, 0.25) is 0 Å². The minimum atomic E-state index is -1.65. The molecular weight excluding hydrogens is 464 g/mol. The molecule has 0 unspecified atom stereocenters. The van der Waals surface area contributed by atoms with Crippen molar-refractivity contribution in [1.82, 2.24) is 0 Å². The predicted molar refractivity (Wildman–Crippen MR) is 114 cm³/mol. The fourth-order valence-electron chi connectivity index (χ4n) is 3.48. The number of halogens is 1. The molecule has 11 heteroatoms. The van der Waals surface area contributed by atoms with Crippen molar-refractivity contribution < 1.29 is 42.9 Å². The Morgan fingerprint density at radius 3 is 1.97 bits per heavy atom. The Hall–Kier alpha value is -2.46. The third kappa shape index (κ3) is 6.07. The van der Waals surface area contributed by atoms with Crippen molar-refractivity contribution in [2.45, 2.75) is 54.6 Å². The lowest BCUT2D eigenvalue weighted by Crippen LogP contribution is -2.62. The molecule has 2 rings (SSSR count). The van der Waals surface area contributed by atoms with E-state index in [1.807, 2.05) is 0 Å². The maximum absolute atomic E-state index is 12.7. The Balaban J connectivity index is 2.59. The van der Waals surface area contributed by atoms with Crippen molar-refractivity contribution in [3.8, 4) is 5.75 Å². The highest BCUT2D eigenvalue weighted by Crippen LogP contribution is 2.53. The summed E-state index contributed by atoms with van der Waals surface area (Å²) in [7, 11) is 2.72. The van der Waals surface area contributed by atoms with Gasteiger partial charge in [-0.25, -0.2) is 0 Å². The first-order chi connectivity index (χ1) is 15.0. The third-order valence-corrected chi connectivity index (χ3v) is 6.78. The minimum Gasteiger partial charge on any atom is -0.497 e. The maximum atomic E-state index is 12.7. The van der Waals surface area contributed by atoms with Crippen LogP contribution in [0, 0.1) is 5.92 Å². The number of carbonyl (C=O) groups excluding carboxylic acids is 4. The predicted octanol–water partition coefficient (Wildman–Crippen LogP) is 2.71. The van der Waals surface area contributed by atoms with Gasteiger partial charge in [0.25, 0.3) is 0 Å². The van der Waals surface area contributed by atoms with Crippen LogP contribution >= 0.6 is 23.4 Å². The van der Waals surface area contributed by atoms with Crippen LogP contribution in [0.4, 0.5) is 0 Å². The number of rotatable bonds is 7. The maximum Gasteiger partial charge on any atom is 0.311 e. The molecule has 1 saturated carbocycles. The lowest BCUT2D eigenvalue weighted by atomic mass is 9.81. The van der Waals surface area contributed by atoms with Crippen LogP contribution in [0.5, 0.6) is 5.75 Å². The van der Waals surface area contributed by atoms with Gasteiger partial charge in [-0.1, -0.05) is 11.8 Å². The van der Waals surface area contributed by atoms with Gasteiger partial charge in [-0.2, -0.15) is 0 Å². The normalized spacial score (nSPS) is 27.1. The van der Waals surface area contributed by atoms with Crippen LogP contribution in [-0.4, -0.2) is 60.6 Å². The quantitative estimate of drug-likeness (QED) is 0.322. The Labute approximate surface area is 195 Å². The zero-order valence-electron chi connectivity index (χ0n) is 18.3. The van der Waals surface area contributed by atoms with Gasteiger partial charge in [-0.05, 0) is 24.3 Å². The van der Waals surface area contributed by atoms with Crippen molar-refractivity contribution in [2.75, 3.05) is 14.2 Å². The van der Waals surface area contributed by atoms with E-state index in [1.165, 1.54) is 21.1 Å². The summed E-state index contributed by atoms with van der Waals surface area (Å²) in [5.74, 6) is -3.26. The second-order valence-electron chi connectivity index (χ2n) is 7.04. The average molecular weight is 489 g/mol. The summed E-state index contributed by atoms with van der Waals surface area (Å²) in [5, 5.41) is 0. The van der Waals surface area contributed by atoms with E-state index in [0.717, 1.165) is 25.6 Å². The molecule has 0 aromatic heterocycles. The number of thioether (sulfide) groups is 1. The highest BCUT2D eigenvalue weighted by molar-refractivity contribution is 8.02. The van der Waals surface area contributed by atoms with E-state index in [2.05, 4.69) is 0 Å². The molecule has 0 spiro atoms. The standard InChI is InChI=1S/C21H25ClO9S/c1-11(23)29-17-10-16(20(26)28-5)21(22,32-15-8-6-14(27-4)7-9-15)19(31-13(3)25)18(17)30-12(2)24/h6-9,16-19H,10H2,1-5H3/t16-,17-,18+,19+,21-/m1/s1. The number of esters is 4. The van der Waals surface area contributed by atoms with E-state index in [9.17, 15) is 19.2 Å². The van der Waals surface area contributed by atoms with Gasteiger partial charge in [0.1, 0.15) is 16.1 Å². The van der Waals surface area contributed by atoms with Crippen molar-refractivity contribution in [1.29, 1.82) is 0 Å². The first-order valence-electron chi connectivity index (χ1n) is 9.63. The zero-order chi connectivity index (χ0) is 24.1. The number of hydrogen-bond acceptors (Lipinski definition) is 10. The number of benzene rings is 1. The Bertz CT molecular complexity index is 859. The molecule has 9 nitrogen and oxygen atoms in total. The SMILES string of the molecule is COC(=O)[C@H]1C[C@@H](OC(C)=O)[C@H](OC(C)=O)[C@H](OC(C)=O)[C@]1(Cl)Sc1ccc(OC)cc1. The summed E-state index contributed by atoms with van der Waals surface area (Å²) < 4.78 is 24.6. The van der Waals surface area contributed by atoms with Crippen molar-refractivity contribution >= 4 is 47.2 Å². The fraction of sp³-hybridized carbons (Fsp3) is 0.524. The molecule has 0 N–H and O–H groups in total. The number of hydrogen-bond donors (Lipinski definition) is 0. The van der Waals surface area contributed by atoms with Gasteiger partial charge in [0.15, 0.2) is 12.2 Å². The van der Waals surface area contributed by atoms with Gasteiger partial charge in [-0.15, -0.1) is 11.6 Å². The van der Waals surface area contributed by atoms with Gasteiger partial charge in [0.05, 0.1) is 20.1 Å². The molecule has 0 heterocycles. The highest BCUT2D eigenvalue weighted by Gasteiger charge is 2.62. The number of alkyl halides is 1. The third-order valence-electron chi connectivity index (χ3n) is 4.73. The molecule has 1 aliphatic rings. The van der Waals surface area contributed by atoms with Crippen LogP contribution < -0.4 is 4.74 Å². The van der Waals surface area contributed by atoms with Gasteiger partial charge >= 0.3 is 23.9 Å². The Morgan fingerprint density at radius 1 is 0.938 bits per heavy atom. The molecule has 32 heavy (non-hydrogen) atoms. The van der Waals surface area contributed by atoms with Gasteiger partial charge in [0, 0.05) is 32.1 Å². The van der Waals surface area contributed by atoms with E-state index in [4.69, 9.17) is 35.3 Å². The molecule has 1 aromatic rings. The average Bonchev–Trinajstić information content (AvgIpc) is 2.72. The molecule has 0 aliphatic heterocycles. The molecule has 0 radical (unpaired) electrons. The number of methoxy groups -OCH3 is 2. The smallest absolute Gasteiger partial charge is 0.311 e. The first-order valence-corrected chi connectivity index (χ1v) is 10.8. The van der Waals surface area contributed by atoms with E-state index < -0.39 is 52.3 Å². The van der Waals surface area contributed by atoms with Gasteiger partial charge in [-0.3, -0.25) is 19.2 Å². The van der Waals surface area contributed by atoms with Crippen LogP contribution in [-0.2, 0) is 38.1 Å². The molecule has 0 saturated heterocycles. The van der Waals surface area contributed by atoms with Crippen LogP contribution in [0.3, 0.4) is 0 Å². The minimum absolute atomic E-state index is 0.116. The summed E-state index contributed by atoms with van der Waals surface area (Å²) >= 11 is 8.07.